The van der Waals surface area contributed by atoms with Gasteiger partial charge in [-0.2, -0.15) is 0 Å². The van der Waals surface area contributed by atoms with E-state index in [4.69, 9.17) is 14.2 Å². The average Bonchev–Trinajstić information content (AvgIpc) is 3.20. The second-order valence-electron chi connectivity index (χ2n) is 8.32. The lowest BCUT2D eigenvalue weighted by atomic mass is 9.95. The molecule has 0 radical (unpaired) electrons. The van der Waals surface area contributed by atoms with E-state index >= 15 is 0 Å². The van der Waals surface area contributed by atoms with E-state index in [-0.39, 0.29) is 29.4 Å². The van der Waals surface area contributed by atoms with Crippen LogP contribution in [0.1, 0.15) is 31.0 Å². The van der Waals surface area contributed by atoms with Gasteiger partial charge in [0.05, 0.1) is 33.9 Å². The normalized spacial score (nSPS) is 14.7. The minimum Gasteiger partial charge on any atom is -0.493 e. The SMILES string of the molecule is C=CCOC(=O)C1=C(C)N=c2sc(=Cc3ccc([N+](=O)[O-])cc3)c(=O)n2C1c1ccc(OC(C)=O)c(OC)c1. The number of thiazole rings is 1. The molecule has 1 atom stereocenters. The highest BCUT2D eigenvalue weighted by molar-refractivity contribution is 7.07. The topological polar surface area (TPSA) is 139 Å². The van der Waals surface area contributed by atoms with Crippen molar-refractivity contribution in [2.45, 2.75) is 19.9 Å². The van der Waals surface area contributed by atoms with Gasteiger partial charge >= 0.3 is 11.9 Å². The fourth-order valence-corrected chi connectivity index (χ4v) is 5.09. The largest absolute Gasteiger partial charge is 0.493 e. The minimum atomic E-state index is -0.933. The zero-order valence-corrected chi connectivity index (χ0v) is 22.0. The molecule has 0 spiro atoms. The van der Waals surface area contributed by atoms with Gasteiger partial charge in [-0.3, -0.25) is 24.3 Å². The molecule has 1 aliphatic heterocycles. The Hall–Kier alpha value is -4.84. The Morgan fingerprint density at radius 1 is 1.21 bits per heavy atom. The summed E-state index contributed by atoms with van der Waals surface area (Å²) in [6.07, 6.45) is 3.03. The molecule has 3 aromatic rings. The van der Waals surface area contributed by atoms with Gasteiger partial charge in [-0.15, -0.1) is 0 Å². The van der Waals surface area contributed by atoms with Crippen molar-refractivity contribution in [2.24, 2.45) is 4.99 Å². The number of carbonyl (C=O) groups is 2. The number of hydrogen-bond donors (Lipinski definition) is 0. The summed E-state index contributed by atoms with van der Waals surface area (Å²) in [7, 11) is 1.40. The Kier molecular flexibility index (Phi) is 7.86. The number of non-ortho nitro benzene ring substituents is 1. The molecular weight excluding hydrogens is 526 g/mol. The van der Waals surface area contributed by atoms with Gasteiger partial charge in [0.2, 0.25) is 0 Å². The van der Waals surface area contributed by atoms with Crippen molar-refractivity contribution in [3.63, 3.8) is 0 Å². The van der Waals surface area contributed by atoms with E-state index in [9.17, 15) is 24.5 Å². The first-order valence-corrected chi connectivity index (χ1v) is 12.4. The van der Waals surface area contributed by atoms with E-state index in [0.717, 1.165) is 11.3 Å². The van der Waals surface area contributed by atoms with E-state index in [2.05, 4.69) is 11.6 Å². The Bertz CT molecular complexity index is 1700. The third kappa shape index (κ3) is 5.55. The van der Waals surface area contributed by atoms with Crippen LogP contribution in [-0.2, 0) is 14.3 Å². The van der Waals surface area contributed by atoms with Crippen molar-refractivity contribution >= 4 is 35.0 Å². The third-order valence-electron chi connectivity index (χ3n) is 5.73. The molecule has 0 N–H and O–H groups in total. The lowest BCUT2D eigenvalue weighted by Gasteiger charge is -2.25. The van der Waals surface area contributed by atoms with Crippen molar-refractivity contribution in [2.75, 3.05) is 13.7 Å². The molecule has 39 heavy (non-hydrogen) atoms. The van der Waals surface area contributed by atoms with Crippen LogP contribution in [0.2, 0.25) is 0 Å². The van der Waals surface area contributed by atoms with Gasteiger partial charge in [0.25, 0.3) is 11.2 Å². The zero-order valence-electron chi connectivity index (χ0n) is 21.2. The molecule has 1 aliphatic rings. The quantitative estimate of drug-likeness (QED) is 0.137. The number of nitro benzene ring substituents is 1. The lowest BCUT2D eigenvalue weighted by Crippen LogP contribution is -2.40. The Morgan fingerprint density at radius 2 is 1.92 bits per heavy atom. The summed E-state index contributed by atoms with van der Waals surface area (Å²) in [6, 6.07) is 9.56. The molecule has 200 valence electrons. The number of benzene rings is 2. The van der Waals surface area contributed by atoms with E-state index in [1.54, 1.807) is 25.1 Å². The molecule has 0 aliphatic carbocycles. The number of hydrogen-bond acceptors (Lipinski definition) is 10. The molecule has 0 fully saturated rings. The number of methoxy groups -OCH3 is 1. The number of nitrogens with zero attached hydrogens (tertiary/aromatic N) is 3. The molecule has 4 rings (SSSR count). The highest BCUT2D eigenvalue weighted by atomic mass is 32.1. The average molecular weight is 550 g/mol. The summed E-state index contributed by atoms with van der Waals surface area (Å²) in [4.78, 5) is 53.7. The van der Waals surface area contributed by atoms with Gasteiger partial charge in [0, 0.05) is 19.1 Å². The summed E-state index contributed by atoms with van der Waals surface area (Å²) in [6.45, 7) is 6.44. The van der Waals surface area contributed by atoms with Crippen molar-refractivity contribution < 1.29 is 28.7 Å². The van der Waals surface area contributed by atoms with Crippen LogP contribution in [0.4, 0.5) is 5.69 Å². The molecule has 11 nitrogen and oxygen atoms in total. The predicted octanol–water partition coefficient (Wildman–Crippen LogP) is 2.81. The number of allylic oxidation sites excluding steroid dienone is 1. The number of nitro groups is 1. The van der Waals surface area contributed by atoms with Crippen LogP contribution >= 0.6 is 11.3 Å². The molecule has 2 aromatic carbocycles. The summed E-state index contributed by atoms with van der Waals surface area (Å²) >= 11 is 1.11. The lowest BCUT2D eigenvalue weighted by molar-refractivity contribution is -0.384. The second kappa shape index (κ2) is 11.3. The van der Waals surface area contributed by atoms with Crippen molar-refractivity contribution in [1.29, 1.82) is 0 Å². The van der Waals surface area contributed by atoms with Gasteiger partial charge in [-0.05, 0) is 48.4 Å². The predicted molar refractivity (Wildman–Crippen MR) is 142 cm³/mol. The molecule has 1 aromatic heterocycles. The molecule has 0 amide bonds. The maximum atomic E-state index is 13.7. The monoisotopic (exact) mass is 549 g/mol. The first-order valence-electron chi connectivity index (χ1n) is 11.6. The highest BCUT2D eigenvalue weighted by Gasteiger charge is 2.34. The van der Waals surface area contributed by atoms with Crippen LogP contribution in [0.15, 0.2) is 76.2 Å². The van der Waals surface area contributed by atoms with Crippen LogP contribution in [0.3, 0.4) is 0 Å². The van der Waals surface area contributed by atoms with E-state index in [1.165, 1.54) is 55.0 Å². The molecule has 12 heteroatoms. The maximum Gasteiger partial charge on any atom is 0.338 e. The molecular formula is C27H23N3O8S. The second-order valence-corrected chi connectivity index (χ2v) is 9.33. The van der Waals surface area contributed by atoms with Gasteiger partial charge in [-0.1, -0.05) is 30.1 Å². The minimum absolute atomic E-state index is 0.0401. The Morgan fingerprint density at radius 3 is 2.54 bits per heavy atom. The summed E-state index contributed by atoms with van der Waals surface area (Å²) in [5.74, 6) is -0.807. The number of fused-ring (bicyclic) bond motifs is 1. The summed E-state index contributed by atoms with van der Waals surface area (Å²) < 4.78 is 17.6. The van der Waals surface area contributed by atoms with Crippen molar-refractivity contribution in [3.05, 3.63) is 107 Å². The van der Waals surface area contributed by atoms with E-state index in [1.807, 2.05) is 0 Å². The number of rotatable bonds is 8. The van der Waals surface area contributed by atoms with E-state index in [0.29, 0.717) is 26.2 Å². The van der Waals surface area contributed by atoms with Crippen LogP contribution in [-0.4, -0.2) is 35.1 Å². The Labute approximate surface area is 225 Å². The molecule has 1 unspecified atom stereocenters. The van der Waals surface area contributed by atoms with Gasteiger partial charge < -0.3 is 14.2 Å². The number of aromatic nitrogens is 1. The smallest absolute Gasteiger partial charge is 0.338 e. The van der Waals surface area contributed by atoms with Gasteiger partial charge in [0.15, 0.2) is 16.3 Å². The summed E-state index contributed by atoms with van der Waals surface area (Å²) in [5, 5.41) is 11.0. The molecule has 2 heterocycles. The molecule has 0 saturated carbocycles. The van der Waals surface area contributed by atoms with Crippen molar-refractivity contribution in [3.8, 4) is 11.5 Å². The number of ether oxygens (including phenoxy) is 3. The first-order chi connectivity index (χ1) is 18.6. The van der Waals surface area contributed by atoms with Gasteiger partial charge in [-0.25, -0.2) is 9.79 Å². The number of esters is 2. The third-order valence-corrected chi connectivity index (χ3v) is 6.72. The standard InChI is InChI=1S/C27H23N3O8S/c1-5-12-37-26(33)23-15(2)28-27-29(24(23)18-8-11-20(38-16(3)31)21(14-18)36-4)25(32)22(39-27)13-17-6-9-19(10-7-17)30(34)35/h5-11,13-14,24H,1,12H2,2-4H3. The van der Waals surface area contributed by atoms with Crippen molar-refractivity contribution in [1.82, 2.24) is 4.57 Å². The molecule has 0 bridgehead atoms. The molecule has 0 saturated heterocycles. The zero-order chi connectivity index (χ0) is 28.3. The number of carbonyl (C=O) groups excluding carboxylic acids is 2. The van der Waals surface area contributed by atoms with Crippen LogP contribution in [0.25, 0.3) is 6.08 Å². The van der Waals surface area contributed by atoms with E-state index < -0.39 is 28.5 Å². The fraction of sp³-hybridized carbons (Fsp3) is 0.185. The van der Waals surface area contributed by atoms with Gasteiger partial charge in [0.1, 0.15) is 6.61 Å². The fourth-order valence-electron chi connectivity index (χ4n) is 4.05. The first kappa shape index (κ1) is 27.2. The van der Waals surface area contributed by atoms with Crippen LogP contribution < -0.4 is 24.4 Å². The maximum absolute atomic E-state index is 13.7. The van der Waals surface area contributed by atoms with Crippen LogP contribution in [0, 0.1) is 10.1 Å². The highest BCUT2D eigenvalue weighted by Crippen LogP contribution is 2.36. The van der Waals surface area contributed by atoms with Crippen LogP contribution in [0.5, 0.6) is 11.5 Å². The summed E-state index contributed by atoms with van der Waals surface area (Å²) in [5.41, 5.74) is 1.08. The Balaban J connectivity index is 1.91.